The third-order valence-electron chi connectivity index (χ3n) is 13.7. The lowest BCUT2D eigenvalue weighted by Gasteiger charge is -2.32. The Hall–Kier alpha value is -7.50. The lowest BCUT2D eigenvalue weighted by molar-refractivity contribution is -0.140. The van der Waals surface area contributed by atoms with Gasteiger partial charge >= 0.3 is 23.9 Å². The third kappa shape index (κ3) is 27.4. The number of carbonyl (C=O) groups excluding carboxylic acids is 2. The highest BCUT2D eigenvalue weighted by molar-refractivity contribution is 7.90. The summed E-state index contributed by atoms with van der Waals surface area (Å²) in [6.07, 6.45) is 8.49. The summed E-state index contributed by atoms with van der Waals surface area (Å²) in [5.41, 5.74) is 2.38. The Morgan fingerprint density at radius 2 is 1.12 bits per heavy atom. The van der Waals surface area contributed by atoms with Crippen molar-refractivity contribution < 1.29 is 80.2 Å². The van der Waals surface area contributed by atoms with Crippen molar-refractivity contribution in [3.05, 3.63) is 90.9 Å². The summed E-state index contributed by atoms with van der Waals surface area (Å²) in [7, 11) is -5.73. The standard InChI is InChI=1S/C30H31N7O7S2.C27H52N6O10/c1-45(41,42)24-8-3-20(4-9-24)21-5-10-25(11-6-21)46(43,44)36-26(29(39)40)19-34-28(38)22-7-12-27-23(17-22)18-35-37(27)16-2-13-31-30-32-14-15-33-30;1-28-4-2-14-41-16-18-43-19-17-42-15-3-5-29-24(34)20-30-6-8-31(21-25(35)36)10-12-33(23-27(39)40)13-11-32(9-7-30)22-26(37)38/h3-12,14-15,17-18,26,36H,2,13,16,19H2,1H3,(H,34,38)(H,39,40)(H2,31,32,33);28H,2-23H2,1H3,(H,29,34)(H,35,36)(H,37,38)(H,39,40). The molecule has 30 nitrogen and oxygen atoms in total. The Morgan fingerprint density at radius 1 is 0.618 bits per heavy atom. The summed E-state index contributed by atoms with van der Waals surface area (Å²) >= 11 is 0. The van der Waals surface area contributed by atoms with Gasteiger partial charge < -0.3 is 60.9 Å². The number of fused-ring (bicyclic) bond motifs is 1. The van der Waals surface area contributed by atoms with Crippen LogP contribution in [0.25, 0.3) is 22.0 Å². The molecule has 2 aromatic heterocycles. The zero-order valence-electron chi connectivity index (χ0n) is 50.1. The Morgan fingerprint density at radius 3 is 1.61 bits per heavy atom. The number of carbonyl (C=O) groups is 6. The quantitative estimate of drug-likeness (QED) is 0.0238. The number of aryl methyl sites for hydroxylation is 1. The van der Waals surface area contributed by atoms with Crippen LogP contribution in [-0.4, -0.2) is 276 Å². The van der Waals surface area contributed by atoms with Gasteiger partial charge in [0.1, 0.15) is 6.04 Å². The fourth-order valence-electron chi connectivity index (χ4n) is 9.00. The number of rotatable bonds is 36. The predicted molar refractivity (Wildman–Crippen MR) is 328 cm³/mol. The largest absolute Gasteiger partial charge is 0.480 e. The zero-order chi connectivity index (χ0) is 64.6. The molecule has 1 atom stereocenters. The minimum Gasteiger partial charge on any atom is -0.480 e. The maximum absolute atomic E-state index is 13.0. The number of nitrogens with one attached hydrogen (secondary N) is 6. The topological polar surface area (TPSA) is 399 Å². The fourth-order valence-corrected chi connectivity index (χ4v) is 10.8. The molecule has 1 aliphatic rings. The summed E-state index contributed by atoms with van der Waals surface area (Å²) < 4.78 is 69.8. The normalized spacial score (nSPS) is 14.6. The molecule has 10 N–H and O–H groups in total. The second-order valence-corrected chi connectivity index (χ2v) is 24.4. The zero-order valence-corrected chi connectivity index (χ0v) is 51.7. The molecule has 0 spiro atoms. The van der Waals surface area contributed by atoms with Crippen LogP contribution in [0.1, 0.15) is 29.6 Å². The molecule has 1 aliphatic heterocycles. The number of ether oxygens (including phenoxy) is 3. The number of sulfonamides is 1. The maximum Gasteiger partial charge on any atom is 0.323 e. The van der Waals surface area contributed by atoms with Crippen molar-refractivity contribution in [3.63, 3.8) is 0 Å². The molecule has 490 valence electrons. The first kappa shape index (κ1) is 72.2. The van der Waals surface area contributed by atoms with Crippen molar-refractivity contribution >= 4 is 72.4 Å². The van der Waals surface area contributed by atoms with Crippen LogP contribution in [0.4, 0.5) is 5.95 Å². The molecule has 0 aliphatic carbocycles. The highest BCUT2D eigenvalue weighted by Crippen LogP contribution is 2.24. The van der Waals surface area contributed by atoms with Crippen LogP contribution in [0, 0.1) is 0 Å². The van der Waals surface area contributed by atoms with E-state index in [2.05, 4.69) is 41.1 Å². The molecule has 3 aromatic carbocycles. The van der Waals surface area contributed by atoms with E-state index < -0.39 is 62.2 Å². The predicted octanol–water partition coefficient (Wildman–Crippen LogP) is 0.121. The van der Waals surface area contributed by atoms with Gasteiger partial charge in [-0.25, -0.2) is 21.8 Å². The summed E-state index contributed by atoms with van der Waals surface area (Å²) in [5.74, 6) is -4.54. The van der Waals surface area contributed by atoms with Crippen molar-refractivity contribution in [2.45, 2.75) is 41.6 Å². The van der Waals surface area contributed by atoms with Gasteiger partial charge in [0, 0.05) is 121 Å². The maximum atomic E-state index is 13.0. The number of carboxylic acid groups (broad SMARTS) is 4. The first-order chi connectivity index (χ1) is 42.6. The molecule has 1 fully saturated rings. The average molecular weight is 1290 g/mol. The third-order valence-corrected chi connectivity index (χ3v) is 16.3. The molecule has 0 radical (unpaired) electrons. The number of benzene rings is 3. The van der Waals surface area contributed by atoms with Gasteiger partial charge in [0.25, 0.3) is 5.91 Å². The number of imidazole rings is 1. The summed E-state index contributed by atoms with van der Waals surface area (Å²) in [6.45, 7) is 7.57. The van der Waals surface area contributed by atoms with Gasteiger partial charge in [0.15, 0.2) is 15.8 Å². The Bertz CT molecular complexity index is 3200. The Balaban J connectivity index is 0.000000325. The van der Waals surface area contributed by atoms with Crippen LogP contribution in [0.2, 0.25) is 0 Å². The van der Waals surface area contributed by atoms with Gasteiger partial charge in [-0.15, -0.1) is 0 Å². The van der Waals surface area contributed by atoms with E-state index in [1.54, 1.807) is 63.6 Å². The van der Waals surface area contributed by atoms with Crippen LogP contribution in [0.3, 0.4) is 0 Å². The van der Waals surface area contributed by atoms with E-state index >= 15 is 0 Å². The summed E-state index contributed by atoms with van der Waals surface area (Å²) in [6, 6.07) is 15.1. The highest BCUT2D eigenvalue weighted by Gasteiger charge is 2.27. The van der Waals surface area contributed by atoms with Crippen LogP contribution in [-0.2, 0) is 64.6 Å². The first-order valence-corrected chi connectivity index (χ1v) is 32.3. The van der Waals surface area contributed by atoms with E-state index in [1.807, 2.05) is 16.6 Å². The van der Waals surface area contributed by atoms with E-state index in [-0.39, 0.29) is 47.4 Å². The van der Waals surface area contributed by atoms with E-state index in [9.17, 15) is 66.0 Å². The van der Waals surface area contributed by atoms with Gasteiger partial charge in [0.2, 0.25) is 15.9 Å². The SMILES string of the molecule is CNCCCOCCOCCOCCCNC(=O)CN1CCN(CC(=O)O)CCN(CC(=O)O)CCN(CC(=O)O)CC1.CS(=O)(=O)c1ccc(-c2ccc(S(=O)(=O)NC(CNC(=O)c3ccc4c(cnn4CCCNc4ncc[nH]4)c3)C(=O)O)cc2)cc1. The number of aromatic nitrogens is 4. The second-order valence-electron chi connectivity index (χ2n) is 20.7. The van der Waals surface area contributed by atoms with Crippen molar-refractivity contribution in [2.75, 3.05) is 163 Å². The number of anilines is 1. The van der Waals surface area contributed by atoms with Gasteiger partial charge in [-0.05, 0) is 86.4 Å². The van der Waals surface area contributed by atoms with Crippen LogP contribution >= 0.6 is 0 Å². The second kappa shape index (κ2) is 38.1. The average Bonchev–Trinajstić information content (AvgIpc) is 2.25. The molecule has 3 heterocycles. The molecule has 5 aromatic rings. The van der Waals surface area contributed by atoms with Gasteiger partial charge in [-0.2, -0.15) is 9.82 Å². The number of hydrogen-bond acceptors (Lipinski definition) is 21. The molecular weight excluding hydrogens is 1200 g/mol. The molecule has 2 amide bonds. The molecule has 32 heteroatoms. The molecule has 0 saturated carbocycles. The van der Waals surface area contributed by atoms with E-state index in [0.29, 0.717) is 135 Å². The lowest BCUT2D eigenvalue weighted by atomic mass is 10.1. The Kier molecular flexibility index (Phi) is 31.0. The summed E-state index contributed by atoms with van der Waals surface area (Å²) in [5, 5.41) is 54.3. The number of hydrogen-bond donors (Lipinski definition) is 10. The number of carboxylic acids is 4. The number of aliphatic carboxylic acids is 4. The summed E-state index contributed by atoms with van der Waals surface area (Å²) in [4.78, 5) is 85.6. The minimum absolute atomic E-state index is 0.0820. The van der Waals surface area contributed by atoms with Gasteiger partial charge in [-0.1, -0.05) is 24.3 Å². The number of H-pyrrole nitrogens is 1. The monoisotopic (exact) mass is 1290 g/mol. The van der Waals surface area contributed by atoms with Gasteiger partial charge in [-0.3, -0.25) is 53.0 Å². The van der Waals surface area contributed by atoms with Crippen molar-refractivity contribution in [1.29, 1.82) is 0 Å². The minimum atomic E-state index is -4.27. The van der Waals surface area contributed by atoms with Crippen LogP contribution in [0.5, 0.6) is 0 Å². The van der Waals surface area contributed by atoms with Crippen molar-refractivity contribution in [1.82, 2.24) is 60.0 Å². The molecule has 89 heavy (non-hydrogen) atoms. The van der Waals surface area contributed by atoms with Crippen LogP contribution in [0.15, 0.2) is 95.1 Å². The van der Waals surface area contributed by atoms with Crippen molar-refractivity contribution in [2.24, 2.45) is 0 Å². The van der Waals surface area contributed by atoms with E-state index in [1.165, 1.54) is 36.4 Å². The number of sulfone groups is 1. The molecule has 6 rings (SSSR count). The van der Waals surface area contributed by atoms with Gasteiger partial charge in [0.05, 0.1) is 74.1 Å². The Labute approximate surface area is 517 Å². The molecule has 1 saturated heterocycles. The first-order valence-electron chi connectivity index (χ1n) is 28.9. The number of nitrogens with zero attached hydrogens (tertiary/aromatic N) is 7. The highest BCUT2D eigenvalue weighted by atomic mass is 32.2. The lowest BCUT2D eigenvalue weighted by Crippen LogP contribution is -2.49. The van der Waals surface area contributed by atoms with Crippen molar-refractivity contribution in [3.8, 4) is 11.1 Å². The van der Waals surface area contributed by atoms with E-state index in [4.69, 9.17) is 14.2 Å². The number of amides is 2. The fraction of sp³-hybridized carbons (Fsp3) is 0.509. The molecule has 0 bridgehead atoms. The molecule has 1 unspecified atom stereocenters. The number of aromatic amines is 1. The smallest absolute Gasteiger partial charge is 0.323 e. The van der Waals surface area contributed by atoms with E-state index in [0.717, 1.165) is 36.5 Å². The van der Waals surface area contributed by atoms with Crippen LogP contribution < -0.4 is 26.0 Å². The molecular formula is C57H83N13O17S2.